The average Bonchev–Trinajstić information content (AvgIpc) is 2.90. The molecular weight excluding hydrogens is 254 g/mol. The van der Waals surface area contributed by atoms with Crippen LogP contribution in [0.3, 0.4) is 0 Å². The minimum Gasteiger partial charge on any atom is -0.350 e. The lowest BCUT2D eigenvalue weighted by atomic mass is 10.1. The number of rotatable bonds is 7. The number of non-ortho nitro benzene ring substituents is 1. The summed E-state index contributed by atoms with van der Waals surface area (Å²) in [5.41, 5.74) is 2.51. The predicted octanol–water partition coefficient (Wildman–Crippen LogP) is 2.75. The topological polar surface area (TPSA) is 60.1 Å². The van der Waals surface area contributed by atoms with Crippen molar-refractivity contribution in [1.29, 1.82) is 0 Å². The van der Waals surface area contributed by atoms with Crippen molar-refractivity contribution in [2.75, 3.05) is 6.54 Å². The van der Waals surface area contributed by atoms with Crippen molar-refractivity contribution in [3.63, 3.8) is 0 Å². The van der Waals surface area contributed by atoms with Gasteiger partial charge in [0.2, 0.25) is 0 Å². The van der Waals surface area contributed by atoms with Crippen LogP contribution in [0.5, 0.6) is 0 Å². The molecule has 0 aliphatic heterocycles. The molecule has 5 heteroatoms. The molecule has 0 saturated heterocycles. The van der Waals surface area contributed by atoms with Crippen LogP contribution >= 0.6 is 0 Å². The highest BCUT2D eigenvalue weighted by Crippen LogP contribution is 2.13. The standard InChI is InChI=1S/C15H19N3O2/c1-2-16-12-15-4-3-10-17(15)11-9-13-5-7-14(8-6-13)18(19)20/h3-8,10,16H,2,9,11-12H2,1H3. The molecule has 0 radical (unpaired) electrons. The zero-order valence-electron chi connectivity index (χ0n) is 11.6. The smallest absolute Gasteiger partial charge is 0.269 e. The lowest BCUT2D eigenvalue weighted by molar-refractivity contribution is -0.384. The molecule has 2 aromatic rings. The summed E-state index contributed by atoms with van der Waals surface area (Å²) < 4.78 is 2.21. The van der Waals surface area contributed by atoms with Gasteiger partial charge in [-0.2, -0.15) is 0 Å². The van der Waals surface area contributed by atoms with Gasteiger partial charge in [0.1, 0.15) is 0 Å². The average molecular weight is 273 g/mol. The first-order chi connectivity index (χ1) is 9.70. The Morgan fingerprint density at radius 2 is 2.00 bits per heavy atom. The Balaban J connectivity index is 1.94. The van der Waals surface area contributed by atoms with Crippen LogP contribution < -0.4 is 5.32 Å². The highest BCUT2D eigenvalue weighted by molar-refractivity contribution is 5.32. The van der Waals surface area contributed by atoms with Crippen molar-refractivity contribution in [2.24, 2.45) is 0 Å². The molecule has 0 saturated carbocycles. The van der Waals surface area contributed by atoms with E-state index in [0.29, 0.717) is 0 Å². The maximum Gasteiger partial charge on any atom is 0.269 e. The first-order valence-electron chi connectivity index (χ1n) is 6.78. The Kier molecular flexibility index (Phi) is 4.90. The Morgan fingerprint density at radius 1 is 1.25 bits per heavy atom. The second-order valence-electron chi connectivity index (χ2n) is 4.65. The summed E-state index contributed by atoms with van der Waals surface area (Å²) in [5, 5.41) is 13.9. The van der Waals surface area contributed by atoms with Crippen molar-refractivity contribution in [2.45, 2.75) is 26.4 Å². The molecule has 0 atom stereocenters. The fourth-order valence-corrected chi connectivity index (χ4v) is 2.12. The molecule has 0 bridgehead atoms. The summed E-state index contributed by atoms with van der Waals surface area (Å²) in [6.45, 7) is 4.78. The van der Waals surface area contributed by atoms with E-state index in [1.54, 1.807) is 12.1 Å². The van der Waals surface area contributed by atoms with Crippen LogP contribution in [0, 0.1) is 10.1 Å². The Morgan fingerprint density at radius 3 is 2.65 bits per heavy atom. The summed E-state index contributed by atoms with van der Waals surface area (Å²) in [6, 6.07) is 10.9. The second kappa shape index (κ2) is 6.86. The lowest BCUT2D eigenvalue weighted by Gasteiger charge is -2.09. The van der Waals surface area contributed by atoms with Gasteiger partial charge in [0.15, 0.2) is 0 Å². The molecule has 1 N–H and O–H groups in total. The molecule has 0 unspecified atom stereocenters. The maximum atomic E-state index is 10.6. The van der Waals surface area contributed by atoms with Gasteiger partial charge in [-0.15, -0.1) is 0 Å². The summed E-state index contributed by atoms with van der Waals surface area (Å²) in [4.78, 5) is 10.2. The lowest BCUT2D eigenvalue weighted by Crippen LogP contribution is -2.15. The number of nitro benzene ring substituents is 1. The van der Waals surface area contributed by atoms with Crippen molar-refractivity contribution in [1.82, 2.24) is 9.88 Å². The normalized spacial score (nSPS) is 10.7. The van der Waals surface area contributed by atoms with Gasteiger partial charge in [-0.3, -0.25) is 10.1 Å². The Hall–Kier alpha value is -2.14. The van der Waals surface area contributed by atoms with Gasteiger partial charge >= 0.3 is 0 Å². The number of aromatic nitrogens is 1. The number of nitrogens with zero attached hydrogens (tertiary/aromatic N) is 2. The number of nitrogens with one attached hydrogen (secondary N) is 1. The van der Waals surface area contributed by atoms with E-state index in [2.05, 4.69) is 29.1 Å². The molecule has 5 nitrogen and oxygen atoms in total. The summed E-state index contributed by atoms with van der Waals surface area (Å²) in [5.74, 6) is 0. The zero-order chi connectivity index (χ0) is 14.4. The van der Waals surface area contributed by atoms with Gasteiger partial charge in [0.25, 0.3) is 5.69 Å². The van der Waals surface area contributed by atoms with E-state index in [4.69, 9.17) is 0 Å². The molecule has 1 heterocycles. The summed E-state index contributed by atoms with van der Waals surface area (Å²) in [7, 11) is 0. The fourth-order valence-electron chi connectivity index (χ4n) is 2.12. The van der Waals surface area contributed by atoms with E-state index < -0.39 is 0 Å². The van der Waals surface area contributed by atoms with Crippen LogP contribution in [-0.2, 0) is 19.5 Å². The van der Waals surface area contributed by atoms with Gasteiger partial charge in [0.05, 0.1) is 4.92 Å². The van der Waals surface area contributed by atoms with Gasteiger partial charge in [-0.25, -0.2) is 0 Å². The first kappa shape index (κ1) is 14.3. The van der Waals surface area contributed by atoms with Gasteiger partial charge in [-0.1, -0.05) is 19.1 Å². The van der Waals surface area contributed by atoms with Crippen molar-refractivity contribution in [3.05, 3.63) is 64.0 Å². The second-order valence-corrected chi connectivity index (χ2v) is 4.65. The van der Waals surface area contributed by atoms with Crippen LogP contribution in [0.15, 0.2) is 42.6 Å². The van der Waals surface area contributed by atoms with Crippen LogP contribution in [0.2, 0.25) is 0 Å². The van der Waals surface area contributed by atoms with E-state index in [1.807, 2.05) is 18.2 Å². The van der Waals surface area contributed by atoms with Crippen LogP contribution in [0.1, 0.15) is 18.2 Å². The monoisotopic (exact) mass is 273 g/mol. The van der Waals surface area contributed by atoms with Crippen molar-refractivity contribution in [3.8, 4) is 0 Å². The largest absolute Gasteiger partial charge is 0.350 e. The number of hydrogen-bond donors (Lipinski definition) is 1. The Labute approximate surface area is 118 Å². The molecule has 2 rings (SSSR count). The van der Waals surface area contributed by atoms with Crippen LogP contribution in [0.4, 0.5) is 5.69 Å². The van der Waals surface area contributed by atoms with E-state index in [0.717, 1.165) is 31.6 Å². The minimum atomic E-state index is -0.371. The highest BCUT2D eigenvalue weighted by atomic mass is 16.6. The fraction of sp³-hybridized carbons (Fsp3) is 0.333. The van der Waals surface area contributed by atoms with E-state index in [-0.39, 0.29) is 10.6 Å². The molecule has 1 aromatic heterocycles. The third-order valence-corrected chi connectivity index (χ3v) is 3.27. The molecule has 20 heavy (non-hydrogen) atoms. The van der Waals surface area contributed by atoms with Gasteiger partial charge < -0.3 is 9.88 Å². The summed E-state index contributed by atoms with van der Waals surface area (Å²) >= 11 is 0. The molecule has 0 aliphatic carbocycles. The molecule has 0 fully saturated rings. The van der Waals surface area contributed by atoms with Crippen LogP contribution in [0.25, 0.3) is 0 Å². The number of aryl methyl sites for hydroxylation is 2. The van der Waals surface area contributed by atoms with E-state index in [9.17, 15) is 10.1 Å². The number of nitro groups is 1. The third kappa shape index (κ3) is 3.68. The SMILES string of the molecule is CCNCc1cccn1CCc1ccc([N+](=O)[O-])cc1. The third-order valence-electron chi connectivity index (χ3n) is 3.27. The van der Waals surface area contributed by atoms with E-state index >= 15 is 0 Å². The summed E-state index contributed by atoms with van der Waals surface area (Å²) in [6.07, 6.45) is 2.93. The predicted molar refractivity (Wildman–Crippen MR) is 78.6 cm³/mol. The zero-order valence-corrected chi connectivity index (χ0v) is 11.6. The molecule has 0 spiro atoms. The minimum absolute atomic E-state index is 0.141. The van der Waals surface area contributed by atoms with Crippen molar-refractivity contribution < 1.29 is 4.92 Å². The highest BCUT2D eigenvalue weighted by Gasteiger charge is 2.05. The quantitative estimate of drug-likeness (QED) is 0.623. The molecule has 1 aromatic carbocycles. The van der Waals surface area contributed by atoms with Crippen LogP contribution in [-0.4, -0.2) is 16.0 Å². The molecule has 0 aliphatic rings. The van der Waals surface area contributed by atoms with Crippen molar-refractivity contribution >= 4 is 5.69 Å². The van der Waals surface area contributed by atoms with Gasteiger partial charge in [-0.05, 0) is 30.7 Å². The molecule has 106 valence electrons. The molecular formula is C15H19N3O2. The maximum absolute atomic E-state index is 10.6. The Bertz CT molecular complexity index is 561. The van der Waals surface area contributed by atoms with Gasteiger partial charge in [0, 0.05) is 37.1 Å². The number of hydrogen-bond acceptors (Lipinski definition) is 3. The number of benzene rings is 1. The first-order valence-corrected chi connectivity index (χ1v) is 6.78. The van der Waals surface area contributed by atoms with E-state index in [1.165, 1.54) is 5.69 Å². The molecule has 0 amide bonds.